The molecule has 1 fully saturated rings. The van der Waals surface area contributed by atoms with E-state index < -0.39 is 0 Å². The molecule has 1 aliphatic heterocycles. The highest BCUT2D eigenvalue weighted by atomic mass is 15.1. The maximum absolute atomic E-state index is 3.11. The lowest BCUT2D eigenvalue weighted by Gasteiger charge is -2.15. The quantitative estimate of drug-likeness (QED) is 0.514. The number of hydrogen-bond donors (Lipinski definition) is 0. The van der Waals surface area contributed by atoms with Crippen LogP contribution in [0.2, 0.25) is 0 Å². The van der Waals surface area contributed by atoms with Gasteiger partial charge in [0.1, 0.15) is 0 Å². The van der Waals surface area contributed by atoms with Crippen LogP contribution in [0.5, 0.6) is 0 Å². The molecule has 61 valence electrons. The lowest BCUT2D eigenvalue weighted by atomic mass is 10.2. The van der Waals surface area contributed by atoms with Gasteiger partial charge in [-0.3, -0.25) is 4.90 Å². The van der Waals surface area contributed by atoms with E-state index in [0.29, 0.717) is 0 Å². The van der Waals surface area contributed by atoms with Crippen molar-refractivity contribution >= 4 is 0 Å². The molecule has 1 heteroatoms. The molecule has 0 saturated carbocycles. The van der Waals surface area contributed by atoms with Crippen LogP contribution < -0.4 is 0 Å². The zero-order valence-electron chi connectivity index (χ0n) is 7.27. The van der Waals surface area contributed by atoms with E-state index in [1.165, 1.54) is 32.4 Å². The molecule has 1 aliphatic rings. The Hall–Kier alpha value is -0.480. The van der Waals surface area contributed by atoms with Crippen LogP contribution >= 0.6 is 0 Å². The summed E-state index contributed by atoms with van der Waals surface area (Å²) in [4.78, 5) is 2.43. The van der Waals surface area contributed by atoms with E-state index in [1.54, 1.807) is 0 Å². The van der Waals surface area contributed by atoms with Gasteiger partial charge in [-0.15, -0.1) is 5.92 Å². The molecule has 0 atom stereocenters. The SMILES string of the molecule is CC#CCN1CC[CH]CCC1. The first kappa shape index (κ1) is 8.62. The third kappa shape index (κ3) is 3.43. The molecule has 0 aromatic rings. The van der Waals surface area contributed by atoms with Crippen molar-refractivity contribution in [3.63, 3.8) is 0 Å². The van der Waals surface area contributed by atoms with Gasteiger partial charge in [0.2, 0.25) is 0 Å². The maximum Gasteiger partial charge on any atom is 0.0601 e. The van der Waals surface area contributed by atoms with Crippen molar-refractivity contribution in [1.82, 2.24) is 4.90 Å². The molecule has 11 heavy (non-hydrogen) atoms. The van der Waals surface area contributed by atoms with Crippen LogP contribution in [0, 0.1) is 18.3 Å². The fourth-order valence-electron chi connectivity index (χ4n) is 1.34. The standard InChI is InChI=1S/C10H16N/c1-2-3-8-11-9-6-4-5-7-10-11/h4H,5-10H2,1H3. The van der Waals surface area contributed by atoms with Gasteiger partial charge in [-0.25, -0.2) is 0 Å². The zero-order chi connectivity index (χ0) is 7.94. The van der Waals surface area contributed by atoms with Crippen molar-refractivity contribution in [2.75, 3.05) is 19.6 Å². The van der Waals surface area contributed by atoms with Crippen LogP contribution in [0.15, 0.2) is 0 Å². The van der Waals surface area contributed by atoms with Crippen molar-refractivity contribution in [3.05, 3.63) is 6.42 Å². The molecular formula is C10H16N. The molecule has 0 aromatic heterocycles. The van der Waals surface area contributed by atoms with E-state index in [1.807, 2.05) is 6.92 Å². The molecule has 0 unspecified atom stereocenters. The predicted octanol–water partition coefficient (Wildman–Crippen LogP) is 1.70. The molecule has 0 bridgehead atoms. The molecule has 1 heterocycles. The molecular weight excluding hydrogens is 134 g/mol. The molecule has 0 aromatic carbocycles. The van der Waals surface area contributed by atoms with E-state index in [0.717, 1.165) is 6.54 Å². The Morgan fingerprint density at radius 3 is 3.09 bits per heavy atom. The molecule has 0 spiro atoms. The van der Waals surface area contributed by atoms with Crippen LogP contribution in [-0.4, -0.2) is 24.5 Å². The summed E-state index contributed by atoms with van der Waals surface area (Å²) in [5, 5.41) is 0. The highest BCUT2D eigenvalue weighted by Crippen LogP contribution is 2.07. The third-order valence-electron chi connectivity index (χ3n) is 2.01. The zero-order valence-corrected chi connectivity index (χ0v) is 7.27. The summed E-state index contributed by atoms with van der Waals surface area (Å²) in [6, 6.07) is 0. The van der Waals surface area contributed by atoms with Gasteiger partial charge in [-0.05, 0) is 45.7 Å². The first-order valence-corrected chi connectivity index (χ1v) is 4.37. The van der Waals surface area contributed by atoms with E-state index in [9.17, 15) is 0 Å². The Morgan fingerprint density at radius 2 is 2.27 bits per heavy atom. The van der Waals surface area contributed by atoms with Crippen molar-refractivity contribution in [2.24, 2.45) is 0 Å². The van der Waals surface area contributed by atoms with Gasteiger partial charge in [0.15, 0.2) is 0 Å². The van der Waals surface area contributed by atoms with E-state index in [2.05, 4.69) is 23.2 Å². The first-order chi connectivity index (χ1) is 5.43. The van der Waals surface area contributed by atoms with E-state index >= 15 is 0 Å². The summed E-state index contributed by atoms with van der Waals surface area (Å²) in [5.41, 5.74) is 0. The van der Waals surface area contributed by atoms with E-state index in [4.69, 9.17) is 0 Å². The van der Waals surface area contributed by atoms with Crippen molar-refractivity contribution in [3.8, 4) is 11.8 Å². The Kier molecular flexibility index (Phi) is 4.08. The van der Waals surface area contributed by atoms with E-state index in [-0.39, 0.29) is 0 Å². The van der Waals surface area contributed by atoms with Crippen LogP contribution in [0.1, 0.15) is 26.2 Å². The van der Waals surface area contributed by atoms with Gasteiger partial charge in [-0.2, -0.15) is 0 Å². The maximum atomic E-state index is 3.11. The minimum absolute atomic E-state index is 0.963. The second-order valence-corrected chi connectivity index (χ2v) is 2.92. The van der Waals surface area contributed by atoms with Gasteiger partial charge in [0.25, 0.3) is 0 Å². The number of likely N-dealkylation sites (tertiary alicyclic amines) is 1. The number of rotatable bonds is 1. The Morgan fingerprint density at radius 1 is 1.36 bits per heavy atom. The van der Waals surface area contributed by atoms with Crippen LogP contribution in [0.3, 0.4) is 0 Å². The minimum atomic E-state index is 0.963. The molecule has 1 radical (unpaired) electrons. The molecule has 0 aliphatic carbocycles. The summed E-state index contributed by atoms with van der Waals surface area (Å²) in [7, 11) is 0. The first-order valence-electron chi connectivity index (χ1n) is 4.37. The van der Waals surface area contributed by atoms with Gasteiger partial charge in [-0.1, -0.05) is 5.92 Å². The predicted molar refractivity (Wildman–Crippen MR) is 48.0 cm³/mol. The summed E-state index contributed by atoms with van der Waals surface area (Å²) in [5.74, 6) is 6.04. The van der Waals surface area contributed by atoms with Crippen molar-refractivity contribution < 1.29 is 0 Å². The second kappa shape index (κ2) is 5.21. The lowest BCUT2D eigenvalue weighted by Crippen LogP contribution is -2.24. The summed E-state index contributed by atoms with van der Waals surface area (Å²) in [6.45, 7) is 5.30. The average molecular weight is 150 g/mol. The summed E-state index contributed by atoms with van der Waals surface area (Å²) in [6.07, 6.45) is 6.23. The summed E-state index contributed by atoms with van der Waals surface area (Å²) < 4.78 is 0. The normalized spacial score (nSPS) is 20.1. The van der Waals surface area contributed by atoms with Gasteiger partial charge in [0, 0.05) is 0 Å². The molecule has 1 saturated heterocycles. The Labute approximate surface area is 69.8 Å². The van der Waals surface area contributed by atoms with Crippen LogP contribution in [-0.2, 0) is 0 Å². The smallest absolute Gasteiger partial charge is 0.0601 e. The molecule has 0 N–H and O–H groups in total. The topological polar surface area (TPSA) is 3.24 Å². The fraction of sp³-hybridized carbons (Fsp3) is 0.700. The molecule has 1 rings (SSSR count). The monoisotopic (exact) mass is 150 g/mol. The largest absolute Gasteiger partial charge is 0.292 e. The van der Waals surface area contributed by atoms with Crippen molar-refractivity contribution in [1.29, 1.82) is 0 Å². The summed E-state index contributed by atoms with van der Waals surface area (Å²) >= 11 is 0. The van der Waals surface area contributed by atoms with Crippen molar-refractivity contribution in [2.45, 2.75) is 26.2 Å². The van der Waals surface area contributed by atoms with Crippen LogP contribution in [0.25, 0.3) is 0 Å². The minimum Gasteiger partial charge on any atom is -0.292 e. The highest BCUT2D eigenvalue weighted by molar-refractivity contribution is 4.98. The fourth-order valence-corrected chi connectivity index (χ4v) is 1.34. The van der Waals surface area contributed by atoms with Gasteiger partial charge < -0.3 is 0 Å². The van der Waals surface area contributed by atoms with Crippen LogP contribution in [0.4, 0.5) is 0 Å². The van der Waals surface area contributed by atoms with Gasteiger partial charge >= 0.3 is 0 Å². The molecule has 1 nitrogen and oxygen atoms in total. The van der Waals surface area contributed by atoms with Gasteiger partial charge in [0.05, 0.1) is 6.54 Å². The lowest BCUT2D eigenvalue weighted by molar-refractivity contribution is 0.322. The second-order valence-electron chi connectivity index (χ2n) is 2.92. The average Bonchev–Trinajstić information content (AvgIpc) is 2.28. The third-order valence-corrected chi connectivity index (χ3v) is 2.01. The molecule has 0 amide bonds. The highest BCUT2D eigenvalue weighted by Gasteiger charge is 2.06. The Balaban J connectivity index is 2.23. The number of nitrogens with zero attached hydrogens (tertiary/aromatic N) is 1. The number of hydrogen-bond acceptors (Lipinski definition) is 1. The Bertz CT molecular complexity index is 144.